The normalized spacial score (nSPS) is 12.3. The molecular formula is C12H16N4OS2. The number of rotatable bonds is 6. The Kier molecular flexibility index (Phi) is 4.98. The lowest BCUT2D eigenvalue weighted by molar-refractivity contribution is 0.0938. The van der Waals surface area contributed by atoms with Crippen molar-refractivity contribution >= 4 is 28.8 Å². The van der Waals surface area contributed by atoms with E-state index in [2.05, 4.69) is 26.8 Å². The molecule has 0 radical (unpaired) electrons. The highest BCUT2D eigenvalue weighted by atomic mass is 32.1. The van der Waals surface area contributed by atoms with Crippen LogP contribution >= 0.6 is 22.9 Å². The van der Waals surface area contributed by atoms with Crippen LogP contribution in [0.25, 0.3) is 0 Å². The Bertz CT molecular complexity index is 524. The average molecular weight is 296 g/mol. The minimum Gasteiger partial charge on any atom is -0.342 e. The lowest BCUT2D eigenvalue weighted by atomic mass is 10.2. The molecule has 102 valence electrons. The number of nitrogens with zero attached hydrogens (tertiary/aromatic N) is 3. The fourth-order valence-electron chi connectivity index (χ4n) is 1.75. The maximum atomic E-state index is 12.3. The van der Waals surface area contributed by atoms with Gasteiger partial charge >= 0.3 is 0 Å². The standard InChI is InChI=1S/C12H16N4OS2/c1-3-5-9-10(19-16-15-9)11(17)14-8(4-2)12-13-6-7-18-12/h6-8H,3-5H2,1-2H3,(H,14,17)/t8-/m0/s1. The van der Waals surface area contributed by atoms with Gasteiger partial charge in [0.15, 0.2) is 0 Å². The first-order chi connectivity index (χ1) is 9.26. The van der Waals surface area contributed by atoms with Gasteiger partial charge in [-0.25, -0.2) is 4.98 Å². The van der Waals surface area contributed by atoms with Crippen LogP contribution in [0, 0.1) is 0 Å². The van der Waals surface area contributed by atoms with E-state index < -0.39 is 0 Å². The molecule has 0 aliphatic heterocycles. The minimum absolute atomic E-state index is 0.0379. The van der Waals surface area contributed by atoms with Crippen molar-refractivity contribution < 1.29 is 4.79 Å². The van der Waals surface area contributed by atoms with Crippen molar-refractivity contribution in [3.8, 4) is 0 Å². The van der Waals surface area contributed by atoms with Crippen molar-refractivity contribution in [1.29, 1.82) is 0 Å². The zero-order valence-corrected chi connectivity index (χ0v) is 12.6. The molecule has 0 bridgehead atoms. The number of carbonyl (C=O) groups excluding carboxylic acids is 1. The number of hydrogen-bond acceptors (Lipinski definition) is 6. The van der Waals surface area contributed by atoms with Crippen LogP contribution in [0.1, 0.15) is 53.1 Å². The fourth-order valence-corrected chi connectivity index (χ4v) is 3.13. The predicted molar refractivity (Wildman–Crippen MR) is 76.5 cm³/mol. The molecule has 0 fully saturated rings. The molecular weight excluding hydrogens is 280 g/mol. The average Bonchev–Trinajstić information content (AvgIpc) is 3.06. The summed E-state index contributed by atoms with van der Waals surface area (Å²) in [6.45, 7) is 4.09. The monoisotopic (exact) mass is 296 g/mol. The van der Waals surface area contributed by atoms with E-state index in [0.29, 0.717) is 4.88 Å². The second kappa shape index (κ2) is 6.72. The minimum atomic E-state index is -0.0968. The maximum Gasteiger partial charge on any atom is 0.265 e. The first-order valence-electron chi connectivity index (χ1n) is 6.27. The van der Waals surface area contributed by atoms with Crippen LogP contribution in [-0.4, -0.2) is 20.5 Å². The third kappa shape index (κ3) is 3.36. The van der Waals surface area contributed by atoms with E-state index >= 15 is 0 Å². The van der Waals surface area contributed by atoms with E-state index in [4.69, 9.17) is 0 Å². The van der Waals surface area contributed by atoms with Crippen molar-refractivity contribution in [2.45, 2.75) is 39.2 Å². The molecule has 2 rings (SSSR count). The van der Waals surface area contributed by atoms with Crippen LogP contribution in [0.2, 0.25) is 0 Å². The smallest absolute Gasteiger partial charge is 0.265 e. The van der Waals surface area contributed by atoms with E-state index in [0.717, 1.165) is 41.5 Å². The molecule has 5 nitrogen and oxygen atoms in total. The summed E-state index contributed by atoms with van der Waals surface area (Å²) in [5.74, 6) is -0.0968. The van der Waals surface area contributed by atoms with Crippen molar-refractivity contribution in [3.05, 3.63) is 27.2 Å². The van der Waals surface area contributed by atoms with Crippen LogP contribution in [0.3, 0.4) is 0 Å². The summed E-state index contributed by atoms with van der Waals surface area (Å²) in [5.41, 5.74) is 0.791. The number of carbonyl (C=O) groups is 1. The van der Waals surface area contributed by atoms with E-state index in [1.165, 1.54) is 0 Å². The van der Waals surface area contributed by atoms with Crippen LogP contribution in [0.4, 0.5) is 0 Å². The Balaban J connectivity index is 2.09. The topological polar surface area (TPSA) is 67.8 Å². The number of thiazole rings is 1. The molecule has 1 amide bonds. The van der Waals surface area contributed by atoms with Gasteiger partial charge in [-0.15, -0.1) is 16.4 Å². The van der Waals surface area contributed by atoms with Gasteiger partial charge in [0.1, 0.15) is 9.88 Å². The molecule has 7 heteroatoms. The van der Waals surface area contributed by atoms with Gasteiger partial charge in [-0.05, 0) is 24.4 Å². The number of aryl methyl sites for hydroxylation is 1. The van der Waals surface area contributed by atoms with Crippen LogP contribution in [-0.2, 0) is 6.42 Å². The first-order valence-corrected chi connectivity index (χ1v) is 7.93. The second-order valence-electron chi connectivity index (χ2n) is 4.10. The van der Waals surface area contributed by atoms with Crippen LogP contribution in [0.15, 0.2) is 11.6 Å². The third-order valence-corrected chi connectivity index (χ3v) is 4.37. The molecule has 1 N–H and O–H groups in total. The summed E-state index contributed by atoms with van der Waals surface area (Å²) < 4.78 is 3.88. The summed E-state index contributed by atoms with van der Waals surface area (Å²) in [7, 11) is 0. The van der Waals surface area contributed by atoms with Gasteiger partial charge in [0, 0.05) is 11.6 Å². The van der Waals surface area contributed by atoms with Crippen molar-refractivity contribution in [3.63, 3.8) is 0 Å². The number of hydrogen-bond donors (Lipinski definition) is 1. The molecule has 0 spiro atoms. The summed E-state index contributed by atoms with van der Waals surface area (Å²) in [6.07, 6.45) is 4.31. The Labute approximate surface area is 120 Å². The second-order valence-corrected chi connectivity index (χ2v) is 5.78. The molecule has 2 heterocycles. The fraction of sp³-hybridized carbons (Fsp3) is 0.500. The van der Waals surface area contributed by atoms with Gasteiger partial charge in [-0.3, -0.25) is 4.79 Å². The van der Waals surface area contributed by atoms with Gasteiger partial charge in [0.2, 0.25) is 0 Å². The molecule has 0 aliphatic rings. The first kappa shape index (κ1) is 14.1. The van der Waals surface area contributed by atoms with Gasteiger partial charge < -0.3 is 5.32 Å². The third-order valence-electron chi connectivity index (χ3n) is 2.71. The highest BCUT2D eigenvalue weighted by molar-refractivity contribution is 7.09. The molecule has 0 saturated heterocycles. The Morgan fingerprint density at radius 2 is 2.32 bits per heavy atom. The molecule has 2 aromatic heterocycles. The lowest BCUT2D eigenvalue weighted by Crippen LogP contribution is -2.28. The van der Waals surface area contributed by atoms with E-state index in [9.17, 15) is 4.79 Å². The van der Waals surface area contributed by atoms with E-state index in [-0.39, 0.29) is 11.9 Å². The van der Waals surface area contributed by atoms with Gasteiger partial charge in [0.05, 0.1) is 11.7 Å². The highest BCUT2D eigenvalue weighted by Gasteiger charge is 2.20. The maximum absolute atomic E-state index is 12.3. The summed E-state index contributed by atoms with van der Waals surface area (Å²) >= 11 is 2.71. The van der Waals surface area contributed by atoms with E-state index in [1.807, 2.05) is 12.3 Å². The van der Waals surface area contributed by atoms with Crippen molar-refractivity contribution in [1.82, 2.24) is 19.9 Å². The molecule has 0 aromatic carbocycles. The summed E-state index contributed by atoms with van der Waals surface area (Å²) in [5, 5.41) is 9.88. The van der Waals surface area contributed by atoms with Crippen molar-refractivity contribution in [2.24, 2.45) is 0 Å². The predicted octanol–water partition coefficient (Wildman–Crippen LogP) is 2.83. The Morgan fingerprint density at radius 1 is 1.47 bits per heavy atom. The number of amides is 1. The molecule has 0 unspecified atom stereocenters. The molecule has 0 saturated carbocycles. The number of nitrogens with one attached hydrogen (secondary N) is 1. The van der Waals surface area contributed by atoms with Gasteiger partial charge in [-0.1, -0.05) is 24.8 Å². The Hall–Kier alpha value is -1.34. The van der Waals surface area contributed by atoms with Crippen molar-refractivity contribution in [2.75, 3.05) is 0 Å². The number of aromatic nitrogens is 3. The SMILES string of the molecule is CCCc1nnsc1C(=O)N[C@@H](CC)c1nccs1. The molecule has 19 heavy (non-hydrogen) atoms. The highest BCUT2D eigenvalue weighted by Crippen LogP contribution is 2.20. The quantitative estimate of drug-likeness (QED) is 0.890. The van der Waals surface area contributed by atoms with Gasteiger partial charge in [0.25, 0.3) is 5.91 Å². The van der Waals surface area contributed by atoms with E-state index in [1.54, 1.807) is 17.5 Å². The summed E-state index contributed by atoms with van der Waals surface area (Å²) in [6, 6.07) is -0.0379. The van der Waals surface area contributed by atoms with Crippen LogP contribution in [0.5, 0.6) is 0 Å². The van der Waals surface area contributed by atoms with Crippen LogP contribution < -0.4 is 5.32 Å². The molecule has 2 aromatic rings. The lowest BCUT2D eigenvalue weighted by Gasteiger charge is -2.13. The van der Waals surface area contributed by atoms with Gasteiger partial charge in [-0.2, -0.15) is 0 Å². The molecule has 1 atom stereocenters. The Morgan fingerprint density at radius 3 is 2.95 bits per heavy atom. The molecule has 0 aliphatic carbocycles. The largest absolute Gasteiger partial charge is 0.342 e. The summed E-state index contributed by atoms with van der Waals surface area (Å²) in [4.78, 5) is 17.1. The zero-order valence-electron chi connectivity index (χ0n) is 10.9. The zero-order chi connectivity index (χ0) is 13.7.